The van der Waals surface area contributed by atoms with E-state index in [1.165, 1.54) is 0 Å². The number of carbonyl (C=O) groups is 1. The average Bonchev–Trinajstić information content (AvgIpc) is 2.35. The quantitative estimate of drug-likeness (QED) is 0.678. The van der Waals surface area contributed by atoms with Crippen molar-refractivity contribution >= 4 is 28.6 Å². The third kappa shape index (κ3) is 2.45. The third-order valence-corrected chi connectivity index (χ3v) is 1.90. The molecule has 1 aromatic heterocycles. The van der Waals surface area contributed by atoms with Crippen molar-refractivity contribution in [2.75, 3.05) is 0 Å². The number of carboxylic acid groups (broad SMARTS) is 1. The van der Waals surface area contributed by atoms with Crippen LogP contribution in [0.25, 0.3) is 0 Å². The number of H-pyrrole nitrogens is 1. The summed E-state index contributed by atoms with van der Waals surface area (Å²) in [4.78, 5) is 17.2. The summed E-state index contributed by atoms with van der Waals surface area (Å²) in [6.45, 7) is 0. The van der Waals surface area contributed by atoms with Crippen LogP contribution in [0.4, 0.5) is 0 Å². The van der Waals surface area contributed by atoms with Crippen LogP contribution >= 0.6 is 22.6 Å². The molecule has 0 amide bonds. The molecule has 0 aromatic carbocycles. The van der Waals surface area contributed by atoms with E-state index in [1.54, 1.807) is 6.20 Å². The number of hydrogen-bond donors (Lipinski definition) is 3. The molecule has 66 valence electrons. The molecular weight excluding hydrogens is 273 g/mol. The Balaban J connectivity index is 2.58. The van der Waals surface area contributed by atoms with Gasteiger partial charge in [-0.15, -0.1) is 0 Å². The van der Waals surface area contributed by atoms with Crippen LogP contribution in [0.2, 0.25) is 0 Å². The highest BCUT2D eigenvalue weighted by atomic mass is 127. The van der Waals surface area contributed by atoms with Crippen LogP contribution in [0.3, 0.4) is 0 Å². The van der Waals surface area contributed by atoms with Gasteiger partial charge in [-0.25, -0.2) is 4.98 Å². The number of imidazole rings is 1. The highest BCUT2D eigenvalue weighted by Crippen LogP contribution is 2.02. The van der Waals surface area contributed by atoms with Crippen molar-refractivity contribution in [1.82, 2.24) is 9.97 Å². The lowest BCUT2D eigenvalue weighted by Gasteiger charge is -2.02. The molecule has 0 spiro atoms. The lowest BCUT2D eigenvalue weighted by molar-refractivity contribution is -0.138. The smallest absolute Gasteiger partial charge is 0.320 e. The lowest BCUT2D eigenvalue weighted by Crippen LogP contribution is -2.32. The molecule has 0 aliphatic heterocycles. The molecule has 5 nitrogen and oxygen atoms in total. The lowest BCUT2D eigenvalue weighted by atomic mass is 10.2. The number of nitrogens with two attached hydrogens (primary N) is 1. The van der Waals surface area contributed by atoms with Gasteiger partial charge in [-0.1, -0.05) is 0 Å². The number of carboxylic acids is 1. The Morgan fingerprint density at radius 1 is 1.92 bits per heavy atom. The van der Waals surface area contributed by atoms with Crippen LogP contribution in [0, 0.1) is 3.83 Å². The predicted molar refractivity (Wildman–Crippen MR) is 50.6 cm³/mol. The van der Waals surface area contributed by atoms with E-state index < -0.39 is 12.0 Å². The fourth-order valence-electron chi connectivity index (χ4n) is 0.760. The number of aromatic nitrogens is 2. The van der Waals surface area contributed by atoms with Crippen molar-refractivity contribution in [3.63, 3.8) is 0 Å². The molecule has 0 saturated heterocycles. The van der Waals surface area contributed by atoms with Crippen molar-refractivity contribution in [3.8, 4) is 0 Å². The van der Waals surface area contributed by atoms with Crippen LogP contribution in [-0.4, -0.2) is 27.1 Å². The molecule has 0 aliphatic rings. The summed E-state index contributed by atoms with van der Waals surface area (Å²) in [5.74, 6) is -1.00. The Labute approximate surface area is 82.5 Å². The summed E-state index contributed by atoms with van der Waals surface area (Å²) in [6.07, 6.45) is 1.87. The maximum Gasteiger partial charge on any atom is 0.320 e. The van der Waals surface area contributed by atoms with Gasteiger partial charge in [0.15, 0.2) is 3.83 Å². The maximum absolute atomic E-state index is 10.3. The molecule has 0 aliphatic carbocycles. The minimum absolute atomic E-state index is 0.283. The van der Waals surface area contributed by atoms with Gasteiger partial charge in [0.1, 0.15) is 6.04 Å². The second-order valence-electron chi connectivity index (χ2n) is 2.35. The van der Waals surface area contributed by atoms with Crippen molar-refractivity contribution in [2.24, 2.45) is 5.73 Å². The van der Waals surface area contributed by atoms with E-state index in [1.807, 2.05) is 22.6 Å². The van der Waals surface area contributed by atoms with Crippen LogP contribution in [0.5, 0.6) is 0 Å². The first-order valence-electron chi connectivity index (χ1n) is 3.27. The Morgan fingerprint density at radius 3 is 3.00 bits per heavy atom. The zero-order valence-corrected chi connectivity index (χ0v) is 8.28. The molecule has 0 saturated carbocycles. The van der Waals surface area contributed by atoms with Crippen molar-refractivity contribution in [1.29, 1.82) is 0 Å². The SMILES string of the molecule is NC(Cc1cnc(I)[nH]1)C(=O)O. The van der Waals surface area contributed by atoms with Gasteiger partial charge in [0.2, 0.25) is 0 Å². The van der Waals surface area contributed by atoms with Crippen LogP contribution < -0.4 is 5.73 Å². The Bertz CT molecular complexity index is 286. The minimum atomic E-state index is -1.00. The third-order valence-electron chi connectivity index (χ3n) is 1.35. The zero-order valence-electron chi connectivity index (χ0n) is 6.12. The largest absolute Gasteiger partial charge is 0.480 e. The average molecular weight is 281 g/mol. The van der Waals surface area contributed by atoms with E-state index in [0.29, 0.717) is 0 Å². The van der Waals surface area contributed by atoms with Gasteiger partial charge in [-0.2, -0.15) is 0 Å². The van der Waals surface area contributed by atoms with Gasteiger partial charge < -0.3 is 15.8 Å². The van der Waals surface area contributed by atoms with Crippen molar-refractivity contribution in [2.45, 2.75) is 12.5 Å². The molecule has 0 radical (unpaired) electrons. The number of halogens is 1. The Morgan fingerprint density at radius 2 is 2.58 bits per heavy atom. The summed E-state index contributed by atoms with van der Waals surface area (Å²) < 4.78 is 0.736. The Kier molecular flexibility index (Phi) is 3.04. The second-order valence-corrected chi connectivity index (χ2v) is 3.37. The molecule has 1 atom stereocenters. The number of aromatic amines is 1. The summed E-state index contributed by atoms with van der Waals surface area (Å²) in [5.41, 5.74) is 6.05. The molecule has 12 heavy (non-hydrogen) atoms. The number of nitrogens with one attached hydrogen (secondary N) is 1. The van der Waals surface area contributed by atoms with Gasteiger partial charge in [-0.3, -0.25) is 4.79 Å². The molecule has 1 unspecified atom stereocenters. The zero-order chi connectivity index (χ0) is 9.14. The van der Waals surface area contributed by atoms with Crippen LogP contribution in [0.15, 0.2) is 6.20 Å². The first kappa shape index (κ1) is 9.46. The summed E-state index contributed by atoms with van der Waals surface area (Å²) in [6, 6.07) is -0.860. The number of hydrogen-bond acceptors (Lipinski definition) is 3. The summed E-state index contributed by atoms with van der Waals surface area (Å²) >= 11 is 2.01. The molecule has 6 heteroatoms. The molecule has 1 aromatic rings. The highest BCUT2D eigenvalue weighted by Gasteiger charge is 2.12. The summed E-state index contributed by atoms with van der Waals surface area (Å²) in [7, 11) is 0. The fourth-order valence-corrected chi connectivity index (χ4v) is 1.25. The van der Waals surface area contributed by atoms with E-state index in [2.05, 4.69) is 9.97 Å². The number of nitrogens with zero attached hydrogens (tertiary/aromatic N) is 1. The van der Waals surface area contributed by atoms with Gasteiger partial charge >= 0.3 is 5.97 Å². The van der Waals surface area contributed by atoms with Gasteiger partial charge in [0, 0.05) is 18.3 Å². The number of rotatable bonds is 3. The van der Waals surface area contributed by atoms with Crippen LogP contribution in [-0.2, 0) is 11.2 Å². The predicted octanol–water partition coefficient (Wildman–Crippen LogP) is -0.0313. The van der Waals surface area contributed by atoms with E-state index in [0.717, 1.165) is 9.53 Å². The molecule has 4 N–H and O–H groups in total. The van der Waals surface area contributed by atoms with E-state index >= 15 is 0 Å². The second kappa shape index (κ2) is 3.85. The minimum Gasteiger partial charge on any atom is -0.480 e. The molecule has 0 bridgehead atoms. The van der Waals surface area contributed by atoms with Crippen molar-refractivity contribution in [3.05, 3.63) is 15.7 Å². The van der Waals surface area contributed by atoms with E-state index in [4.69, 9.17) is 10.8 Å². The van der Waals surface area contributed by atoms with Crippen LogP contribution in [0.1, 0.15) is 5.69 Å². The van der Waals surface area contributed by atoms with E-state index in [-0.39, 0.29) is 6.42 Å². The van der Waals surface area contributed by atoms with Crippen molar-refractivity contribution < 1.29 is 9.90 Å². The molecule has 1 heterocycles. The first-order valence-corrected chi connectivity index (χ1v) is 4.35. The maximum atomic E-state index is 10.3. The monoisotopic (exact) mass is 281 g/mol. The summed E-state index contributed by atoms with van der Waals surface area (Å²) in [5, 5.41) is 8.49. The highest BCUT2D eigenvalue weighted by molar-refractivity contribution is 14.1. The molecule has 1 rings (SSSR count). The molecular formula is C6H8IN3O2. The number of aliphatic carboxylic acids is 1. The normalized spacial score (nSPS) is 12.8. The standard InChI is InChI=1S/C6H8IN3O2/c7-6-9-2-3(10-6)1-4(8)5(11)12/h2,4H,1,8H2,(H,9,10)(H,11,12). The van der Waals surface area contributed by atoms with E-state index in [9.17, 15) is 4.79 Å². The topological polar surface area (TPSA) is 92.0 Å². The fraction of sp³-hybridized carbons (Fsp3) is 0.333. The Hall–Kier alpha value is -0.630. The first-order chi connectivity index (χ1) is 5.59. The molecule has 0 fully saturated rings. The van der Waals surface area contributed by atoms with Gasteiger partial charge in [-0.05, 0) is 22.6 Å². The van der Waals surface area contributed by atoms with Gasteiger partial charge in [0.05, 0.1) is 0 Å². The van der Waals surface area contributed by atoms with Gasteiger partial charge in [0.25, 0.3) is 0 Å².